The van der Waals surface area contributed by atoms with Crippen LogP contribution in [-0.2, 0) is 14.4 Å². The van der Waals surface area contributed by atoms with Gasteiger partial charge in [0.15, 0.2) is 0 Å². The molecule has 3 aliphatic rings. The first-order valence-corrected chi connectivity index (χ1v) is 12.4. The van der Waals surface area contributed by atoms with Crippen LogP contribution in [0, 0.1) is 11.8 Å². The third-order valence-corrected chi connectivity index (χ3v) is 7.64. The summed E-state index contributed by atoms with van der Waals surface area (Å²) in [5.74, 6) is -2.89. The van der Waals surface area contributed by atoms with Crippen molar-refractivity contribution in [2.45, 2.75) is 12.1 Å². The molecule has 1 N–H and O–H groups in total. The Balaban J connectivity index is 1.45. The van der Waals surface area contributed by atoms with Crippen LogP contribution >= 0.6 is 34.8 Å². The molecular formula is C27H18Cl3N3O3. The number of imide groups is 1. The lowest BCUT2D eigenvalue weighted by Crippen LogP contribution is -2.46. The van der Waals surface area contributed by atoms with Gasteiger partial charge in [0.2, 0.25) is 17.7 Å². The molecule has 3 heterocycles. The molecule has 2 saturated heterocycles. The molecule has 3 aromatic carbocycles. The van der Waals surface area contributed by atoms with Crippen LogP contribution in [0.1, 0.15) is 17.2 Å². The Hall–Kier alpha value is -3.32. The molecule has 9 heteroatoms. The summed E-state index contributed by atoms with van der Waals surface area (Å²) in [6.07, 6.45) is 3.71. The fraction of sp³-hybridized carbons (Fsp3) is 0.148. The second-order valence-electron chi connectivity index (χ2n) is 8.97. The van der Waals surface area contributed by atoms with Crippen molar-refractivity contribution >= 4 is 70.0 Å². The molecular weight excluding hydrogens is 521 g/mol. The van der Waals surface area contributed by atoms with Gasteiger partial charge in [0.25, 0.3) is 0 Å². The number of halogens is 3. The van der Waals surface area contributed by atoms with Crippen LogP contribution in [0.3, 0.4) is 0 Å². The third kappa shape index (κ3) is 3.60. The second-order valence-corrected chi connectivity index (χ2v) is 10.3. The highest BCUT2D eigenvalue weighted by atomic mass is 35.5. The summed E-state index contributed by atoms with van der Waals surface area (Å²) in [7, 11) is 0. The molecule has 180 valence electrons. The lowest BCUT2D eigenvalue weighted by atomic mass is 9.84. The minimum Gasteiger partial charge on any atom is -0.357 e. The van der Waals surface area contributed by atoms with Gasteiger partial charge in [-0.15, -0.1) is 0 Å². The Morgan fingerprint density at radius 2 is 1.47 bits per heavy atom. The first kappa shape index (κ1) is 23.1. The number of benzene rings is 3. The summed E-state index contributed by atoms with van der Waals surface area (Å²) < 4.78 is 0. The van der Waals surface area contributed by atoms with Gasteiger partial charge < -0.3 is 10.2 Å². The first-order chi connectivity index (χ1) is 17.3. The van der Waals surface area contributed by atoms with Gasteiger partial charge in [-0.1, -0.05) is 59.1 Å². The van der Waals surface area contributed by atoms with Gasteiger partial charge >= 0.3 is 0 Å². The molecule has 3 amide bonds. The fourth-order valence-corrected chi connectivity index (χ4v) is 6.17. The Bertz CT molecular complexity index is 1440. The summed E-state index contributed by atoms with van der Waals surface area (Å²) in [4.78, 5) is 44.4. The molecule has 0 unspecified atom stereocenters. The molecule has 0 bridgehead atoms. The van der Waals surface area contributed by atoms with Crippen LogP contribution < -0.4 is 10.2 Å². The van der Waals surface area contributed by atoms with Gasteiger partial charge in [0.1, 0.15) is 6.04 Å². The number of fused-ring (bicyclic) bond motifs is 5. The highest BCUT2D eigenvalue weighted by molar-refractivity contribution is 6.36. The molecule has 0 spiro atoms. The monoisotopic (exact) mass is 537 g/mol. The molecule has 6 rings (SSSR count). The number of anilines is 2. The quantitative estimate of drug-likeness (QED) is 0.428. The van der Waals surface area contributed by atoms with Gasteiger partial charge in [-0.25, -0.2) is 4.90 Å². The van der Waals surface area contributed by atoms with E-state index >= 15 is 0 Å². The zero-order chi connectivity index (χ0) is 25.1. The Morgan fingerprint density at radius 1 is 0.806 bits per heavy atom. The summed E-state index contributed by atoms with van der Waals surface area (Å²) in [6, 6.07) is 17.6. The van der Waals surface area contributed by atoms with Crippen LogP contribution in [0.25, 0.3) is 6.08 Å². The normalized spacial score (nSPS) is 24.0. The number of carbonyl (C=O) groups excluding carboxylic acids is 3. The SMILES string of the molecule is O=C(Nc1ccc(Cl)cc1)[C@@H]1[C@@H]2C(=O)N(c3cc(Cl)cc(Cl)c3)C(=O)[C@@H]2[C@H]2c3ccccc3C=CN12. The Labute approximate surface area is 222 Å². The van der Waals surface area contributed by atoms with Crippen molar-refractivity contribution in [3.05, 3.63) is 99.1 Å². The molecule has 3 aromatic rings. The lowest BCUT2D eigenvalue weighted by Gasteiger charge is -2.35. The van der Waals surface area contributed by atoms with Gasteiger partial charge in [0.05, 0.1) is 23.6 Å². The molecule has 0 aliphatic carbocycles. The molecule has 4 atom stereocenters. The van der Waals surface area contributed by atoms with E-state index in [4.69, 9.17) is 34.8 Å². The van der Waals surface area contributed by atoms with Crippen LogP contribution in [0.4, 0.5) is 11.4 Å². The topological polar surface area (TPSA) is 69.7 Å². The molecule has 6 nitrogen and oxygen atoms in total. The zero-order valence-corrected chi connectivity index (χ0v) is 20.8. The summed E-state index contributed by atoms with van der Waals surface area (Å²) in [5.41, 5.74) is 2.67. The maximum Gasteiger partial charge on any atom is 0.247 e. The average Bonchev–Trinajstić information content (AvgIpc) is 3.32. The van der Waals surface area contributed by atoms with Crippen molar-refractivity contribution in [3.63, 3.8) is 0 Å². The van der Waals surface area contributed by atoms with E-state index in [1.54, 1.807) is 30.5 Å². The highest BCUT2D eigenvalue weighted by Gasteiger charge is 2.64. The van der Waals surface area contributed by atoms with E-state index in [0.29, 0.717) is 26.4 Å². The summed E-state index contributed by atoms with van der Waals surface area (Å²) in [6.45, 7) is 0. The smallest absolute Gasteiger partial charge is 0.247 e. The predicted octanol–water partition coefficient (Wildman–Crippen LogP) is 5.80. The predicted molar refractivity (Wildman–Crippen MR) is 140 cm³/mol. The molecule has 0 saturated carbocycles. The molecule has 0 radical (unpaired) electrons. The standard InChI is InChI=1S/C27H18Cl3N3O3/c28-15-5-7-18(8-6-15)31-25(34)24-22-21(23-20-4-2-1-3-14(20)9-10-32(23)24)26(35)33(27(22)36)19-12-16(29)11-17(30)13-19/h1-13,21-24H,(H,31,34)/t21-,22+,23+,24-/m0/s1. The average molecular weight is 539 g/mol. The van der Waals surface area contributed by atoms with Crippen LogP contribution in [0.5, 0.6) is 0 Å². The van der Waals surface area contributed by atoms with E-state index in [-0.39, 0.29) is 11.8 Å². The van der Waals surface area contributed by atoms with Crippen LogP contribution in [0.2, 0.25) is 15.1 Å². The van der Waals surface area contributed by atoms with E-state index < -0.39 is 29.8 Å². The Morgan fingerprint density at radius 3 is 2.19 bits per heavy atom. The van der Waals surface area contributed by atoms with Crippen molar-refractivity contribution in [3.8, 4) is 0 Å². The minimum atomic E-state index is -0.906. The van der Waals surface area contributed by atoms with Gasteiger partial charge in [-0.3, -0.25) is 14.4 Å². The van der Waals surface area contributed by atoms with E-state index in [9.17, 15) is 14.4 Å². The van der Waals surface area contributed by atoms with Crippen molar-refractivity contribution in [2.24, 2.45) is 11.8 Å². The lowest BCUT2D eigenvalue weighted by molar-refractivity contribution is -0.128. The van der Waals surface area contributed by atoms with Crippen molar-refractivity contribution < 1.29 is 14.4 Å². The van der Waals surface area contributed by atoms with Crippen molar-refractivity contribution in [1.82, 2.24) is 4.90 Å². The Kier molecular flexibility index (Phi) is 5.56. The van der Waals surface area contributed by atoms with E-state index in [0.717, 1.165) is 16.0 Å². The van der Waals surface area contributed by atoms with Crippen molar-refractivity contribution in [1.29, 1.82) is 0 Å². The summed E-state index contributed by atoms with van der Waals surface area (Å²) in [5, 5.41) is 4.04. The van der Waals surface area contributed by atoms with Crippen molar-refractivity contribution in [2.75, 3.05) is 10.2 Å². The van der Waals surface area contributed by atoms with Gasteiger partial charge in [0, 0.05) is 27.0 Å². The van der Waals surface area contributed by atoms with E-state index in [2.05, 4.69) is 5.32 Å². The number of hydrogen-bond acceptors (Lipinski definition) is 4. The largest absolute Gasteiger partial charge is 0.357 e. The van der Waals surface area contributed by atoms with Gasteiger partial charge in [-0.2, -0.15) is 0 Å². The number of nitrogens with zero attached hydrogens (tertiary/aromatic N) is 2. The van der Waals surface area contributed by atoms with E-state index in [1.165, 1.54) is 18.2 Å². The number of amides is 3. The number of carbonyl (C=O) groups is 3. The fourth-order valence-electron chi connectivity index (χ4n) is 5.53. The van der Waals surface area contributed by atoms with Crippen LogP contribution in [-0.4, -0.2) is 28.7 Å². The highest BCUT2D eigenvalue weighted by Crippen LogP contribution is 2.53. The number of nitrogens with one attached hydrogen (secondary N) is 1. The zero-order valence-electron chi connectivity index (χ0n) is 18.6. The second kappa shape index (κ2) is 8.66. The molecule has 2 fully saturated rings. The maximum atomic E-state index is 13.9. The van der Waals surface area contributed by atoms with Gasteiger partial charge in [-0.05, 0) is 59.7 Å². The maximum absolute atomic E-state index is 13.9. The first-order valence-electron chi connectivity index (χ1n) is 11.3. The van der Waals surface area contributed by atoms with E-state index in [1.807, 2.05) is 35.2 Å². The molecule has 36 heavy (non-hydrogen) atoms. The third-order valence-electron chi connectivity index (χ3n) is 6.95. The number of hydrogen-bond donors (Lipinski definition) is 1. The molecule has 0 aromatic heterocycles. The van der Waals surface area contributed by atoms with Crippen LogP contribution in [0.15, 0.2) is 72.9 Å². The summed E-state index contributed by atoms with van der Waals surface area (Å²) >= 11 is 18.3. The number of rotatable bonds is 3. The minimum absolute atomic E-state index is 0.292. The molecule has 3 aliphatic heterocycles.